The number of carbonyl (C=O) groups is 1. The summed E-state index contributed by atoms with van der Waals surface area (Å²) in [4.78, 5) is 16.3. The lowest BCUT2D eigenvalue weighted by molar-refractivity contribution is 0.251. The number of pyridine rings is 1. The molecule has 2 aromatic carbocycles. The van der Waals surface area contributed by atoms with E-state index in [-0.39, 0.29) is 6.03 Å². The Morgan fingerprint density at radius 3 is 2.62 bits per heavy atom. The molecule has 4 aromatic rings. The Labute approximate surface area is 187 Å². The van der Waals surface area contributed by atoms with Crippen LogP contribution in [0.1, 0.15) is 29.9 Å². The first-order valence-corrected chi connectivity index (χ1v) is 11.1. The van der Waals surface area contributed by atoms with Gasteiger partial charge in [-0.1, -0.05) is 24.3 Å². The normalized spacial score (nSPS) is 14.4. The number of fused-ring (bicyclic) bond motifs is 1. The first-order chi connectivity index (χ1) is 15.8. The van der Waals surface area contributed by atoms with Crippen LogP contribution in [0, 0.1) is 0 Å². The second-order valence-corrected chi connectivity index (χ2v) is 8.21. The molecule has 5 rings (SSSR count). The number of hydrogen-bond acceptors (Lipinski definition) is 3. The molecule has 0 spiro atoms. The molecule has 1 aliphatic rings. The topological polar surface area (TPSA) is 71.0 Å². The summed E-state index contributed by atoms with van der Waals surface area (Å²) >= 11 is 0. The first kappa shape index (κ1) is 20.3. The molecule has 2 aromatic heterocycles. The summed E-state index contributed by atoms with van der Waals surface area (Å²) in [6, 6.07) is 20.2. The lowest BCUT2D eigenvalue weighted by atomic mass is 9.90. The van der Waals surface area contributed by atoms with Crippen molar-refractivity contribution < 1.29 is 4.79 Å². The van der Waals surface area contributed by atoms with Crippen molar-refractivity contribution in [3.8, 4) is 5.69 Å². The Morgan fingerprint density at radius 1 is 1.03 bits per heavy atom. The minimum atomic E-state index is -0.235. The molecule has 6 nitrogen and oxygen atoms in total. The molecule has 0 bridgehead atoms. The molecule has 162 valence electrons. The highest BCUT2D eigenvalue weighted by Gasteiger charge is 2.20. The van der Waals surface area contributed by atoms with Crippen LogP contribution in [0.4, 0.5) is 10.5 Å². The molecule has 0 saturated carbocycles. The van der Waals surface area contributed by atoms with Crippen molar-refractivity contribution in [3.63, 3.8) is 0 Å². The molecule has 1 saturated heterocycles. The van der Waals surface area contributed by atoms with Crippen molar-refractivity contribution in [2.45, 2.75) is 25.3 Å². The molecule has 0 atom stereocenters. The van der Waals surface area contributed by atoms with E-state index in [4.69, 9.17) is 0 Å². The summed E-state index contributed by atoms with van der Waals surface area (Å²) in [5, 5.41) is 10.5. The molecule has 0 radical (unpaired) electrons. The SMILES string of the molecule is O=C(NCc1cccnc1)Nc1ccc(-n2cc(C3CCNCC3)c3ccccc32)cc1. The maximum absolute atomic E-state index is 12.2. The molecule has 3 N–H and O–H groups in total. The number of nitrogens with zero attached hydrogens (tertiary/aromatic N) is 2. The van der Waals surface area contributed by atoms with Gasteiger partial charge in [-0.2, -0.15) is 0 Å². The van der Waals surface area contributed by atoms with Gasteiger partial charge in [-0.05, 0) is 79.4 Å². The Morgan fingerprint density at radius 2 is 1.84 bits per heavy atom. The lowest BCUT2D eigenvalue weighted by Crippen LogP contribution is -2.28. The largest absolute Gasteiger partial charge is 0.334 e. The number of hydrogen-bond donors (Lipinski definition) is 3. The van der Waals surface area contributed by atoms with Gasteiger partial charge in [-0.25, -0.2) is 4.79 Å². The van der Waals surface area contributed by atoms with E-state index in [9.17, 15) is 4.79 Å². The van der Waals surface area contributed by atoms with Gasteiger partial charge in [0.2, 0.25) is 0 Å². The summed E-state index contributed by atoms with van der Waals surface area (Å²) in [7, 11) is 0. The van der Waals surface area contributed by atoms with E-state index < -0.39 is 0 Å². The number of carbonyl (C=O) groups excluding carboxylic acids is 1. The van der Waals surface area contributed by atoms with Crippen LogP contribution in [-0.4, -0.2) is 28.7 Å². The van der Waals surface area contributed by atoms with Crippen molar-refractivity contribution in [3.05, 3.63) is 90.4 Å². The molecule has 3 heterocycles. The zero-order valence-electron chi connectivity index (χ0n) is 17.9. The molecule has 32 heavy (non-hydrogen) atoms. The summed E-state index contributed by atoms with van der Waals surface area (Å²) in [5.74, 6) is 0.590. The van der Waals surface area contributed by atoms with Gasteiger partial charge in [0.1, 0.15) is 0 Å². The maximum Gasteiger partial charge on any atom is 0.319 e. The van der Waals surface area contributed by atoms with Gasteiger partial charge < -0.3 is 20.5 Å². The Bertz CT molecular complexity index is 1190. The van der Waals surface area contributed by atoms with Crippen molar-refractivity contribution in [1.29, 1.82) is 0 Å². The van der Waals surface area contributed by atoms with Gasteiger partial charge in [-0.15, -0.1) is 0 Å². The third-order valence-electron chi connectivity index (χ3n) is 6.10. The van der Waals surface area contributed by atoms with Crippen LogP contribution in [0.25, 0.3) is 16.6 Å². The molecule has 0 aliphatic carbocycles. The van der Waals surface area contributed by atoms with Gasteiger partial charge in [0, 0.05) is 41.9 Å². The van der Waals surface area contributed by atoms with Gasteiger partial charge in [0.25, 0.3) is 0 Å². The van der Waals surface area contributed by atoms with Crippen molar-refractivity contribution >= 4 is 22.6 Å². The van der Waals surface area contributed by atoms with Gasteiger partial charge in [0.15, 0.2) is 0 Å². The average Bonchev–Trinajstić information content (AvgIpc) is 3.24. The quantitative estimate of drug-likeness (QED) is 0.430. The average molecular weight is 426 g/mol. The minimum Gasteiger partial charge on any atom is -0.334 e. The number of rotatable bonds is 5. The van der Waals surface area contributed by atoms with Crippen molar-refractivity contribution in [2.24, 2.45) is 0 Å². The number of para-hydroxylation sites is 1. The molecule has 6 heteroatoms. The smallest absolute Gasteiger partial charge is 0.319 e. The number of anilines is 1. The van der Waals surface area contributed by atoms with Crippen LogP contribution < -0.4 is 16.0 Å². The van der Waals surface area contributed by atoms with Crippen LogP contribution in [0.15, 0.2) is 79.3 Å². The molecule has 1 fully saturated rings. The van der Waals surface area contributed by atoms with Crippen LogP contribution in [0.5, 0.6) is 0 Å². The lowest BCUT2D eigenvalue weighted by Gasteiger charge is -2.22. The third kappa shape index (κ3) is 4.36. The highest BCUT2D eigenvalue weighted by Crippen LogP contribution is 2.34. The number of urea groups is 1. The predicted octanol–water partition coefficient (Wildman–Crippen LogP) is 4.81. The number of piperidine rings is 1. The van der Waals surface area contributed by atoms with Crippen LogP contribution >= 0.6 is 0 Å². The summed E-state index contributed by atoms with van der Waals surface area (Å²) in [6.45, 7) is 2.59. The molecule has 2 amide bonds. The fourth-order valence-corrected chi connectivity index (χ4v) is 4.44. The molecular formula is C26H27N5O. The van der Waals surface area contributed by atoms with E-state index in [2.05, 4.69) is 68.1 Å². The molecular weight excluding hydrogens is 398 g/mol. The zero-order valence-corrected chi connectivity index (χ0v) is 17.9. The summed E-state index contributed by atoms with van der Waals surface area (Å²) < 4.78 is 2.26. The predicted molar refractivity (Wildman–Crippen MR) is 128 cm³/mol. The van der Waals surface area contributed by atoms with Crippen LogP contribution in [0.3, 0.4) is 0 Å². The Kier molecular flexibility index (Phi) is 5.85. The second-order valence-electron chi connectivity index (χ2n) is 8.21. The van der Waals surface area contributed by atoms with Gasteiger partial charge >= 0.3 is 6.03 Å². The molecule has 0 unspecified atom stereocenters. The highest BCUT2D eigenvalue weighted by molar-refractivity contribution is 5.89. The van der Waals surface area contributed by atoms with E-state index in [0.29, 0.717) is 12.5 Å². The Hall–Kier alpha value is -3.64. The maximum atomic E-state index is 12.2. The van der Waals surface area contributed by atoms with Crippen molar-refractivity contribution in [2.75, 3.05) is 18.4 Å². The first-order valence-electron chi connectivity index (χ1n) is 11.1. The van der Waals surface area contributed by atoms with Crippen LogP contribution in [-0.2, 0) is 6.54 Å². The molecule has 1 aliphatic heterocycles. The van der Waals surface area contributed by atoms with E-state index in [1.165, 1.54) is 29.3 Å². The van der Waals surface area contributed by atoms with E-state index in [1.807, 2.05) is 24.3 Å². The fraction of sp³-hybridized carbons (Fsp3) is 0.231. The number of aromatic nitrogens is 2. The number of nitrogens with one attached hydrogen (secondary N) is 3. The van der Waals surface area contributed by atoms with Crippen LogP contribution in [0.2, 0.25) is 0 Å². The summed E-state index contributed by atoms with van der Waals surface area (Å²) in [6.07, 6.45) is 8.10. The van der Waals surface area contributed by atoms with E-state index in [0.717, 1.165) is 30.0 Å². The standard InChI is InChI=1S/C26H27N5O/c32-26(29-17-19-4-3-13-28-16-19)30-21-7-9-22(10-8-21)31-18-24(20-11-14-27-15-12-20)23-5-1-2-6-25(23)31/h1-10,13,16,18,20,27H,11-12,14-15,17H2,(H2,29,30,32). The van der Waals surface area contributed by atoms with Gasteiger partial charge in [-0.3, -0.25) is 4.98 Å². The summed E-state index contributed by atoms with van der Waals surface area (Å²) in [5.41, 5.74) is 5.45. The fourth-order valence-electron chi connectivity index (χ4n) is 4.44. The monoisotopic (exact) mass is 425 g/mol. The van der Waals surface area contributed by atoms with E-state index in [1.54, 1.807) is 12.4 Å². The minimum absolute atomic E-state index is 0.235. The Balaban J connectivity index is 1.32. The van der Waals surface area contributed by atoms with Gasteiger partial charge in [0.05, 0.1) is 5.52 Å². The zero-order chi connectivity index (χ0) is 21.8. The number of amides is 2. The second kappa shape index (κ2) is 9.24. The van der Waals surface area contributed by atoms with E-state index >= 15 is 0 Å². The number of benzene rings is 2. The van der Waals surface area contributed by atoms with Crippen molar-refractivity contribution in [1.82, 2.24) is 20.2 Å². The third-order valence-corrected chi connectivity index (χ3v) is 6.10. The highest BCUT2D eigenvalue weighted by atomic mass is 16.2.